The zero-order chi connectivity index (χ0) is 19.7. The second-order valence-corrected chi connectivity index (χ2v) is 7.58. The summed E-state index contributed by atoms with van der Waals surface area (Å²) in [6.07, 6.45) is 0. The molecule has 0 saturated heterocycles. The molecule has 0 fully saturated rings. The highest BCUT2D eigenvalue weighted by Gasteiger charge is 2.24. The average molecular weight is 363 g/mol. The molecule has 0 heterocycles. The third-order valence-electron chi connectivity index (χ3n) is 3.96. The van der Waals surface area contributed by atoms with Crippen LogP contribution in [0.15, 0.2) is 29.3 Å². The quantitative estimate of drug-likeness (QED) is 0.465. The van der Waals surface area contributed by atoms with Crippen LogP contribution >= 0.6 is 0 Å². The van der Waals surface area contributed by atoms with E-state index < -0.39 is 5.41 Å². The van der Waals surface area contributed by atoms with Crippen LogP contribution in [0.5, 0.6) is 5.75 Å². The Balaban J connectivity index is 2.74. The second kappa shape index (κ2) is 10.0. The molecule has 146 valence electrons. The summed E-state index contributed by atoms with van der Waals surface area (Å²) in [6, 6.07) is 8.12. The Morgan fingerprint density at radius 2 is 1.85 bits per heavy atom. The number of guanidine groups is 1. The minimum atomic E-state index is -0.680. The average Bonchev–Trinajstić information content (AvgIpc) is 2.58. The minimum absolute atomic E-state index is 0.0589. The molecule has 0 saturated carbocycles. The van der Waals surface area contributed by atoms with E-state index in [0.717, 1.165) is 17.9 Å². The van der Waals surface area contributed by atoms with Gasteiger partial charge < -0.3 is 21.1 Å². The lowest BCUT2D eigenvalue weighted by Gasteiger charge is -2.21. The molecule has 4 N–H and O–H groups in total. The molecule has 0 bridgehead atoms. The highest BCUT2D eigenvalue weighted by Crippen LogP contribution is 2.18. The molecule has 0 radical (unpaired) electrons. The minimum Gasteiger partial charge on any atom is -0.493 e. The molecule has 0 aliphatic rings. The number of hydrogen-bond donors (Lipinski definition) is 3. The Morgan fingerprint density at radius 1 is 1.23 bits per heavy atom. The van der Waals surface area contributed by atoms with E-state index in [1.807, 2.05) is 31.2 Å². The molecule has 1 atom stereocenters. The number of carbonyl (C=O) groups is 1. The standard InChI is InChI=1S/C20H34N4O2/c1-7-22-19(23-13-20(5,6)18(21)25)24-15(4)16-8-10-17(11-9-16)26-12-14(2)3/h8-11,14-15H,7,12-13H2,1-6H3,(H2,21,25)(H2,22,23,24). The molecule has 1 aromatic rings. The smallest absolute Gasteiger partial charge is 0.224 e. The summed E-state index contributed by atoms with van der Waals surface area (Å²) in [5, 5.41) is 6.56. The van der Waals surface area contributed by atoms with Gasteiger partial charge in [-0.05, 0) is 51.3 Å². The summed E-state index contributed by atoms with van der Waals surface area (Å²) in [5.41, 5.74) is 5.87. The number of hydrogen-bond acceptors (Lipinski definition) is 3. The normalized spacial score (nSPS) is 13.4. The van der Waals surface area contributed by atoms with Crippen LogP contribution in [0, 0.1) is 11.3 Å². The summed E-state index contributed by atoms with van der Waals surface area (Å²) in [7, 11) is 0. The summed E-state index contributed by atoms with van der Waals surface area (Å²) in [5.74, 6) is 1.67. The van der Waals surface area contributed by atoms with Crippen LogP contribution in [0.1, 0.15) is 53.1 Å². The molecule has 1 rings (SSSR count). The fourth-order valence-electron chi connectivity index (χ4n) is 2.08. The fraction of sp³-hybridized carbons (Fsp3) is 0.600. The van der Waals surface area contributed by atoms with Crippen LogP contribution in [0.25, 0.3) is 0 Å². The number of benzene rings is 1. The molecule has 1 amide bonds. The van der Waals surface area contributed by atoms with Gasteiger partial charge >= 0.3 is 0 Å². The number of nitrogens with one attached hydrogen (secondary N) is 2. The number of rotatable bonds is 9. The Morgan fingerprint density at radius 3 is 2.35 bits per heavy atom. The first-order valence-electron chi connectivity index (χ1n) is 9.23. The van der Waals surface area contributed by atoms with Gasteiger partial charge in [0.05, 0.1) is 24.6 Å². The topological polar surface area (TPSA) is 88.7 Å². The zero-order valence-corrected chi connectivity index (χ0v) is 16.9. The maximum Gasteiger partial charge on any atom is 0.224 e. The Labute approximate surface area is 157 Å². The van der Waals surface area contributed by atoms with Crippen LogP contribution < -0.4 is 21.1 Å². The van der Waals surface area contributed by atoms with E-state index in [1.165, 1.54) is 0 Å². The SMILES string of the molecule is CCNC(=NCC(C)(C)C(N)=O)NC(C)c1ccc(OCC(C)C)cc1. The first-order valence-corrected chi connectivity index (χ1v) is 9.23. The highest BCUT2D eigenvalue weighted by molar-refractivity contribution is 5.82. The largest absolute Gasteiger partial charge is 0.493 e. The lowest BCUT2D eigenvalue weighted by Crippen LogP contribution is -2.41. The summed E-state index contributed by atoms with van der Waals surface area (Å²) < 4.78 is 5.72. The van der Waals surface area contributed by atoms with E-state index in [4.69, 9.17) is 10.5 Å². The summed E-state index contributed by atoms with van der Waals surface area (Å²) in [4.78, 5) is 16.0. The molecule has 1 aromatic carbocycles. The number of amides is 1. The van der Waals surface area contributed by atoms with Crippen molar-refractivity contribution in [2.45, 2.75) is 47.6 Å². The van der Waals surface area contributed by atoms with E-state index in [2.05, 4.69) is 36.4 Å². The zero-order valence-electron chi connectivity index (χ0n) is 16.9. The maximum atomic E-state index is 11.5. The Kier molecular flexibility index (Phi) is 8.42. The molecule has 6 heteroatoms. The Hall–Kier alpha value is -2.24. The van der Waals surface area contributed by atoms with Crippen LogP contribution in [0.3, 0.4) is 0 Å². The van der Waals surface area contributed by atoms with Crippen molar-refractivity contribution in [2.24, 2.45) is 22.1 Å². The van der Waals surface area contributed by atoms with Crippen molar-refractivity contribution >= 4 is 11.9 Å². The molecule has 0 aromatic heterocycles. The van der Waals surface area contributed by atoms with Crippen molar-refractivity contribution in [3.63, 3.8) is 0 Å². The van der Waals surface area contributed by atoms with Gasteiger partial charge in [0.15, 0.2) is 5.96 Å². The highest BCUT2D eigenvalue weighted by atomic mass is 16.5. The molecule has 26 heavy (non-hydrogen) atoms. The van der Waals surface area contributed by atoms with Crippen LogP contribution in [0.4, 0.5) is 0 Å². The summed E-state index contributed by atoms with van der Waals surface area (Å²) in [6.45, 7) is 13.7. The molecule has 0 aliphatic carbocycles. The predicted molar refractivity (Wildman–Crippen MR) is 107 cm³/mol. The Bertz CT molecular complexity index is 594. The number of carbonyl (C=O) groups excluding carboxylic acids is 1. The van der Waals surface area contributed by atoms with Gasteiger partial charge in [0.25, 0.3) is 0 Å². The third-order valence-corrected chi connectivity index (χ3v) is 3.96. The van der Waals surface area contributed by atoms with Gasteiger partial charge in [-0.2, -0.15) is 0 Å². The molecule has 0 spiro atoms. The van der Waals surface area contributed by atoms with E-state index in [9.17, 15) is 4.79 Å². The maximum absolute atomic E-state index is 11.5. The van der Waals surface area contributed by atoms with Crippen molar-refractivity contribution in [1.29, 1.82) is 0 Å². The number of aliphatic imine (C=N–C) groups is 1. The first kappa shape index (κ1) is 21.8. The van der Waals surface area contributed by atoms with Crippen LogP contribution in [0.2, 0.25) is 0 Å². The first-order chi connectivity index (χ1) is 12.2. The molecular weight excluding hydrogens is 328 g/mol. The summed E-state index contributed by atoms with van der Waals surface area (Å²) >= 11 is 0. The van der Waals surface area contributed by atoms with Crippen molar-refractivity contribution < 1.29 is 9.53 Å². The molecule has 6 nitrogen and oxygen atoms in total. The molecule has 0 aliphatic heterocycles. The lowest BCUT2D eigenvalue weighted by molar-refractivity contribution is -0.125. The third kappa shape index (κ3) is 7.33. The van der Waals surface area contributed by atoms with Gasteiger partial charge in [0, 0.05) is 6.54 Å². The van der Waals surface area contributed by atoms with Gasteiger partial charge in [-0.15, -0.1) is 0 Å². The van der Waals surface area contributed by atoms with Gasteiger partial charge in [-0.3, -0.25) is 9.79 Å². The van der Waals surface area contributed by atoms with Crippen LogP contribution in [-0.2, 0) is 4.79 Å². The van der Waals surface area contributed by atoms with Gasteiger partial charge in [-0.25, -0.2) is 0 Å². The number of nitrogens with two attached hydrogens (primary N) is 1. The predicted octanol–water partition coefficient (Wildman–Crippen LogP) is 2.85. The number of ether oxygens (including phenoxy) is 1. The monoisotopic (exact) mass is 362 g/mol. The van der Waals surface area contributed by atoms with Crippen LogP contribution in [-0.4, -0.2) is 31.6 Å². The van der Waals surface area contributed by atoms with Crippen molar-refractivity contribution in [3.8, 4) is 5.75 Å². The van der Waals surface area contributed by atoms with Gasteiger partial charge in [0.1, 0.15) is 5.75 Å². The number of primary amides is 1. The van der Waals surface area contributed by atoms with Crippen molar-refractivity contribution in [3.05, 3.63) is 29.8 Å². The van der Waals surface area contributed by atoms with Gasteiger partial charge in [-0.1, -0.05) is 26.0 Å². The van der Waals surface area contributed by atoms with E-state index >= 15 is 0 Å². The van der Waals surface area contributed by atoms with E-state index in [-0.39, 0.29) is 11.9 Å². The molecule has 1 unspecified atom stereocenters. The van der Waals surface area contributed by atoms with Gasteiger partial charge in [0.2, 0.25) is 5.91 Å². The van der Waals surface area contributed by atoms with Crippen molar-refractivity contribution in [1.82, 2.24) is 10.6 Å². The second-order valence-electron chi connectivity index (χ2n) is 7.58. The lowest BCUT2D eigenvalue weighted by atomic mass is 9.93. The number of nitrogens with zero attached hydrogens (tertiary/aromatic N) is 1. The molecular formula is C20H34N4O2. The fourth-order valence-corrected chi connectivity index (χ4v) is 2.08. The van der Waals surface area contributed by atoms with E-state index in [0.29, 0.717) is 25.0 Å². The van der Waals surface area contributed by atoms with Crippen molar-refractivity contribution in [2.75, 3.05) is 19.7 Å². The van der Waals surface area contributed by atoms with E-state index in [1.54, 1.807) is 13.8 Å².